The van der Waals surface area contributed by atoms with E-state index in [4.69, 9.17) is 14.7 Å². The van der Waals surface area contributed by atoms with Crippen molar-refractivity contribution < 1.29 is 9.73 Å². The van der Waals surface area contributed by atoms with Gasteiger partial charge in [0.15, 0.2) is 0 Å². The molecule has 2 aromatic carbocycles. The van der Waals surface area contributed by atoms with E-state index in [1.54, 1.807) is 0 Å². The van der Waals surface area contributed by atoms with Crippen LogP contribution < -0.4 is 15.0 Å². The summed E-state index contributed by atoms with van der Waals surface area (Å²) >= 11 is 0. The summed E-state index contributed by atoms with van der Waals surface area (Å²) in [4.78, 5) is 17.0. The fourth-order valence-electron chi connectivity index (χ4n) is 2.72. The highest BCUT2D eigenvalue weighted by Gasteiger charge is 2.21. The second kappa shape index (κ2) is 6.32. The minimum absolute atomic E-state index is 0.578. The number of nitrogens with zero attached hydrogens (tertiary/aromatic N) is 3. The Labute approximate surface area is 145 Å². The van der Waals surface area contributed by atoms with Gasteiger partial charge in [0, 0.05) is 12.5 Å². The van der Waals surface area contributed by atoms with Crippen LogP contribution in [0.2, 0.25) is 0 Å². The smallest absolute Gasteiger partial charge is 0.354 e. The molecule has 4 rings (SSSR count). The molecule has 1 aliphatic rings. The first-order chi connectivity index (χ1) is 12.2. The summed E-state index contributed by atoms with van der Waals surface area (Å²) in [6.45, 7) is 4.45. The van der Waals surface area contributed by atoms with E-state index in [1.807, 2.05) is 62.4 Å². The quantitative estimate of drug-likeness (QED) is 0.764. The van der Waals surface area contributed by atoms with E-state index in [-0.39, 0.29) is 0 Å². The van der Waals surface area contributed by atoms with Crippen molar-refractivity contribution in [2.75, 3.05) is 6.61 Å². The SMILES string of the molecule is CCOc1cccc2c([NH+]=C3N=C(C)N3)nc(-c3ccccc3)nc12. The van der Waals surface area contributed by atoms with Gasteiger partial charge in [0.1, 0.15) is 11.3 Å². The third-order valence-corrected chi connectivity index (χ3v) is 3.84. The molecule has 1 aliphatic heterocycles. The van der Waals surface area contributed by atoms with E-state index in [0.717, 1.165) is 28.1 Å². The van der Waals surface area contributed by atoms with Crippen LogP contribution in [0.15, 0.2) is 53.5 Å². The van der Waals surface area contributed by atoms with Gasteiger partial charge in [-0.1, -0.05) is 41.4 Å². The lowest BCUT2D eigenvalue weighted by Crippen LogP contribution is -2.73. The summed E-state index contributed by atoms with van der Waals surface area (Å²) < 4.78 is 5.76. The molecule has 0 bridgehead atoms. The zero-order valence-corrected chi connectivity index (χ0v) is 14.1. The number of benzene rings is 2. The predicted molar refractivity (Wildman–Crippen MR) is 98.0 cm³/mol. The Hall–Kier alpha value is -3.28. The highest BCUT2D eigenvalue weighted by atomic mass is 16.5. The number of guanidine groups is 1. The normalized spacial score (nSPS) is 14.8. The maximum atomic E-state index is 5.76. The Morgan fingerprint density at radius 1 is 1.04 bits per heavy atom. The zero-order valence-electron chi connectivity index (χ0n) is 14.1. The van der Waals surface area contributed by atoms with Gasteiger partial charge in [-0.05, 0) is 19.1 Å². The molecule has 25 heavy (non-hydrogen) atoms. The third-order valence-electron chi connectivity index (χ3n) is 3.84. The average Bonchev–Trinajstić information content (AvgIpc) is 2.62. The van der Waals surface area contributed by atoms with Crippen molar-refractivity contribution >= 4 is 28.5 Å². The van der Waals surface area contributed by atoms with Crippen LogP contribution in [0.3, 0.4) is 0 Å². The first-order valence-corrected chi connectivity index (χ1v) is 8.20. The fraction of sp³-hybridized carbons (Fsp3) is 0.158. The van der Waals surface area contributed by atoms with Gasteiger partial charge in [-0.15, -0.1) is 4.98 Å². The van der Waals surface area contributed by atoms with Gasteiger partial charge < -0.3 is 4.74 Å². The number of hydrogen-bond acceptors (Lipinski definition) is 3. The maximum absolute atomic E-state index is 5.76. The summed E-state index contributed by atoms with van der Waals surface area (Å²) in [7, 11) is 0. The van der Waals surface area contributed by atoms with Crippen molar-refractivity contribution in [3.8, 4) is 17.1 Å². The van der Waals surface area contributed by atoms with E-state index in [2.05, 4.69) is 15.3 Å². The number of nitrogens with one attached hydrogen (secondary N) is 2. The molecule has 0 saturated heterocycles. The van der Waals surface area contributed by atoms with Gasteiger partial charge in [-0.3, -0.25) is 0 Å². The second-order valence-electron chi connectivity index (χ2n) is 5.64. The Morgan fingerprint density at radius 3 is 2.56 bits per heavy atom. The molecule has 0 radical (unpaired) electrons. The number of fused-ring (bicyclic) bond motifs is 1. The topological polar surface area (TPSA) is 73.4 Å². The minimum Gasteiger partial charge on any atom is -0.492 e. The monoisotopic (exact) mass is 332 g/mol. The van der Waals surface area contributed by atoms with Crippen molar-refractivity contribution in [3.63, 3.8) is 0 Å². The average molecular weight is 332 g/mol. The summed E-state index contributed by atoms with van der Waals surface area (Å²) in [5, 5.41) is 4.01. The predicted octanol–water partition coefficient (Wildman–Crippen LogP) is 1.79. The van der Waals surface area contributed by atoms with Gasteiger partial charge in [-0.25, -0.2) is 15.3 Å². The molecule has 0 atom stereocenters. The van der Waals surface area contributed by atoms with Crippen LogP contribution in [0.4, 0.5) is 5.82 Å². The zero-order chi connectivity index (χ0) is 17.2. The Bertz CT molecular complexity index is 995. The van der Waals surface area contributed by atoms with Gasteiger partial charge in [-0.2, -0.15) is 0 Å². The van der Waals surface area contributed by atoms with Gasteiger partial charge >= 0.3 is 5.96 Å². The van der Waals surface area contributed by atoms with Gasteiger partial charge in [0.25, 0.3) is 0 Å². The van der Waals surface area contributed by atoms with E-state index in [1.165, 1.54) is 0 Å². The molecule has 2 N–H and O–H groups in total. The van der Waals surface area contributed by atoms with Crippen LogP contribution in [0.25, 0.3) is 22.3 Å². The molecule has 6 heteroatoms. The number of hydrogen-bond donors (Lipinski definition) is 2. The van der Waals surface area contributed by atoms with Crippen molar-refractivity contribution in [1.82, 2.24) is 15.3 Å². The van der Waals surface area contributed by atoms with Crippen LogP contribution in [-0.2, 0) is 0 Å². The third kappa shape index (κ3) is 2.94. The first-order valence-electron chi connectivity index (χ1n) is 8.20. The number of aromatic nitrogens is 2. The van der Waals surface area contributed by atoms with Gasteiger partial charge in [0.05, 0.1) is 12.0 Å². The van der Waals surface area contributed by atoms with E-state index in [0.29, 0.717) is 24.2 Å². The van der Waals surface area contributed by atoms with Crippen LogP contribution in [0.5, 0.6) is 5.75 Å². The summed E-state index contributed by atoms with van der Waals surface area (Å²) in [6.07, 6.45) is 0. The molecule has 0 saturated carbocycles. The largest absolute Gasteiger partial charge is 0.492 e. The molecule has 1 aromatic heterocycles. The number of para-hydroxylation sites is 1. The Balaban J connectivity index is 1.95. The molecule has 0 amide bonds. The molecular weight excluding hydrogens is 314 g/mol. The number of amidine groups is 1. The number of aliphatic imine (C=N–C) groups is 1. The van der Waals surface area contributed by atoms with E-state index in [9.17, 15) is 0 Å². The fourth-order valence-corrected chi connectivity index (χ4v) is 2.72. The van der Waals surface area contributed by atoms with Crippen molar-refractivity contribution in [2.24, 2.45) is 4.99 Å². The highest BCUT2D eigenvalue weighted by Crippen LogP contribution is 2.29. The van der Waals surface area contributed by atoms with Crippen molar-refractivity contribution in [1.29, 1.82) is 0 Å². The lowest BCUT2D eigenvalue weighted by Gasteiger charge is -2.10. The molecule has 0 fully saturated rings. The molecule has 0 aliphatic carbocycles. The Morgan fingerprint density at radius 2 is 1.84 bits per heavy atom. The molecule has 2 heterocycles. The van der Waals surface area contributed by atoms with Crippen LogP contribution in [-0.4, -0.2) is 28.4 Å². The van der Waals surface area contributed by atoms with Crippen molar-refractivity contribution in [3.05, 3.63) is 48.5 Å². The maximum Gasteiger partial charge on any atom is 0.354 e. The second-order valence-corrected chi connectivity index (χ2v) is 5.64. The number of ether oxygens (including phenoxy) is 1. The summed E-state index contributed by atoms with van der Waals surface area (Å²) in [6, 6.07) is 15.7. The Kier molecular flexibility index (Phi) is 3.85. The summed E-state index contributed by atoms with van der Waals surface area (Å²) in [5.74, 6) is 3.64. The molecule has 6 nitrogen and oxygen atoms in total. The van der Waals surface area contributed by atoms with Crippen LogP contribution in [0, 0.1) is 0 Å². The van der Waals surface area contributed by atoms with Crippen LogP contribution >= 0.6 is 0 Å². The van der Waals surface area contributed by atoms with Crippen molar-refractivity contribution in [2.45, 2.75) is 13.8 Å². The van der Waals surface area contributed by atoms with Gasteiger partial charge in [0.2, 0.25) is 17.5 Å². The molecule has 3 aromatic rings. The number of rotatable bonds is 4. The summed E-state index contributed by atoms with van der Waals surface area (Å²) in [5.41, 5.74) is 1.73. The first kappa shape index (κ1) is 15.3. The molecule has 124 valence electrons. The lowest BCUT2D eigenvalue weighted by atomic mass is 10.1. The molecule has 0 unspecified atom stereocenters. The lowest BCUT2D eigenvalue weighted by molar-refractivity contribution is -0.361. The molecular formula is C19H18N5O+. The standard InChI is InChI=1S/C19H17N5O/c1-3-25-15-11-7-10-14-16(15)22-17(13-8-5-4-6-9-13)23-18(14)24-19-20-12(2)21-19/h4-11H,3H2,1-2H3,(H,20,21,22,23,24)/p+1. The minimum atomic E-state index is 0.578. The highest BCUT2D eigenvalue weighted by molar-refractivity contribution is 6.10. The van der Waals surface area contributed by atoms with E-state index >= 15 is 0 Å². The van der Waals surface area contributed by atoms with E-state index < -0.39 is 0 Å². The van der Waals surface area contributed by atoms with Crippen LogP contribution in [0.1, 0.15) is 13.8 Å². The molecule has 0 spiro atoms.